The zero-order valence-corrected chi connectivity index (χ0v) is 9.88. The molecule has 0 aliphatic heterocycles. The number of rotatable bonds is 3. The molecular weight excluding hydrogens is 208 g/mol. The largest absolute Gasteiger partial charge is 0.307 e. The quantitative estimate of drug-likeness (QED) is 0.855. The summed E-state index contributed by atoms with van der Waals surface area (Å²) in [6.45, 7) is 2.07. The first-order valence-electron chi connectivity index (χ1n) is 4.79. The van der Waals surface area contributed by atoms with Crippen LogP contribution in [0.4, 0.5) is 0 Å². The van der Waals surface area contributed by atoms with Gasteiger partial charge in [-0.25, -0.2) is 4.98 Å². The van der Waals surface area contributed by atoms with Gasteiger partial charge in [-0.2, -0.15) is 5.10 Å². The van der Waals surface area contributed by atoms with E-state index in [0.717, 1.165) is 5.01 Å². The van der Waals surface area contributed by atoms with Gasteiger partial charge in [0.25, 0.3) is 0 Å². The Morgan fingerprint density at radius 1 is 1.53 bits per heavy atom. The Labute approximate surface area is 93.0 Å². The fraction of sp³-hybridized carbons (Fsp3) is 0.400. The molecule has 2 rings (SSSR count). The van der Waals surface area contributed by atoms with Gasteiger partial charge in [0.15, 0.2) is 0 Å². The summed E-state index contributed by atoms with van der Waals surface area (Å²) in [6.07, 6.45) is 3.73. The maximum Gasteiger partial charge on any atom is 0.114 e. The minimum atomic E-state index is 0.152. The van der Waals surface area contributed by atoms with Gasteiger partial charge in [-0.15, -0.1) is 11.3 Å². The molecule has 0 fully saturated rings. The minimum Gasteiger partial charge on any atom is -0.307 e. The van der Waals surface area contributed by atoms with E-state index in [1.165, 1.54) is 11.3 Å². The van der Waals surface area contributed by atoms with E-state index in [2.05, 4.69) is 22.3 Å². The van der Waals surface area contributed by atoms with Crippen LogP contribution in [0.25, 0.3) is 0 Å². The summed E-state index contributed by atoms with van der Waals surface area (Å²) in [6, 6.07) is 0.152. The zero-order valence-electron chi connectivity index (χ0n) is 9.06. The Morgan fingerprint density at radius 3 is 2.80 bits per heavy atom. The number of nitrogens with one attached hydrogen (secondary N) is 1. The van der Waals surface area contributed by atoms with Crippen molar-refractivity contribution in [2.45, 2.75) is 13.0 Å². The lowest BCUT2D eigenvalue weighted by molar-refractivity contribution is 0.675. The SMILES string of the molecule is CNC(c1nccs1)c1cnn(C)c1C. The lowest BCUT2D eigenvalue weighted by atomic mass is 10.1. The highest BCUT2D eigenvalue weighted by Crippen LogP contribution is 2.25. The van der Waals surface area contributed by atoms with Crippen molar-refractivity contribution in [3.63, 3.8) is 0 Å². The van der Waals surface area contributed by atoms with Gasteiger partial charge >= 0.3 is 0 Å². The Balaban J connectivity index is 2.40. The lowest BCUT2D eigenvalue weighted by Gasteiger charge is -2.12. The molecule has 2 heterocycles. The van der Waals surface area contributed by atoms with Crippen molar-refractivity contribution >= 4 is 11.3 Å². The molecule has 0 spiro atoms. The number of hydrogen-bond donors (Lipinski definition) is 1. The van der Waals surface area contributed by atoms with E-state index >= 15 is 0 Å². The number of aryl methyl sites for hydroxylation is 1. The van der Waals surface area contributed by atoms with Crippen LogP contribution in [-0.4, -0.2) is 21.8 Å². The average molecular weight is 222 g/mol. The third-order valence-corrected chi connectivity index (χ3v) is 3.41. The molecule has 1 atom stereocenters. The van der Waals surface area contributed by atoms with Crippen LogP contribution in [-0.2, 0) is 7.05 Å². The van der Waals surface area contributed by atoms with Gasteiger partial charge in [-0.1, -0.05) is 0 Å². The van der Waals surface area contributed by atoms with Crippen LogP contribution >= 0.6 is 11.3 Å². The second-order valence-electron chi connectivity index (χ2n) is 3.40. The van der Waals surface area contributed by atoms with Gasteiger partial charge < -0.3 is 5.32 Å². The van der Waals surface area contributed by atoms with Crippen LogP contribution in [0.1, 0.15) is 22.3 Å². The van der Waals surface area contributed by atoms with Crippen LogP contribution in [0.3, 0.4) is 0 Å². The summed E-state index contributed by atoms with van der Waals surface area (Å²) >= 11 is 1.66. The van der Waals surface area contributed by atoms with Crippen LogP contribution in [0.15, 0.2) is 17.8 Å². The topological polar surface area (TPSA) is 42.7 Å². The highest BCUT2D eigenvalue weighted by atomic mass is 32.1. The second-order valence-corrected chi connectivity index (χ2v) is 4.33. The van der Waals surface area contributed by atoms with Crippen molar-refractivity contribution in [1.29, 1.82) is 0 Å². The van der Waals surface area contributed by atoms with E-state index in [0.29, 0.717) is 0 Å². The Hall–Kier alpha value is -1.20. The Morgan fingerprint density at radius 2 is 2.33 bits per heavy atom. The molecule has 0 aliphatic rings. The fourth-order valence-electron chi connectivity index (χ4n) is 1.59. The summed E-state index contributed by atoms with van der Waals surface area (Å²) in [5, 5.41) is 10.6. The smallest absolute Gasteiger partial charge is 0.114 e. The third kappa shape index (κ3) is 1.80. The van der Waals surface area contributed by atoms with Gasteiger partial charge in [0, 0.05) is 29.9 Å². The van der Waals surface area contributed by atoms with Crippen molar-refractivity contribution in [1.82, 2.24) is 20.1 Å². The predicted octanol–water partition coefficient (Wildman–Crippen LogP) is 1.49. The van der Waals surface area contributed by atoms with E-state index in [-0.39, 0.29) is 6.04 Å². The van der Waals surface area contributed by atoms with Crippen molar-refractivity contribution in [3.8, 4) is 0 Å². The monoisotopic (exact) mass is 222 g/mol. The molecule has 0 amide bonds. The molecule has 5 heteroatoms. The molecular formula is C10H14N4S. The van der Waals surface area contributed by atoms with Gasteiger partial charge in [0.05, 0.1) is 12.2 Å². The first kappa shape index (κ1) is 10.3. The first-order chi connectivity index (χ1) is 7.24. The van der Waals surface area contributed by atoms with Gasteiger partial charge in [-0.05, 0) is 14.0 Å². The van der Waals surface area contributed by atoms with Gasteiger partial charge in [-0.3, -0.25) is 4.68 Å². The normalized spacial score (nSPS) is 13.0. The maximum absolute atomic E-state index is 4.33. The van der Waals surface area contributed by atoms with E-state index in [1.807, 2.05) is 36.6 Å². The van der Waals surface area contributed by atoms with E-state index in [9.17, 15) is 0 Å². The molecule has 80 valence electrons. The highest BCUT2D eigenvalue weighted by molar-refractivity contribution is 7.09. The van der Waals surface area contributed by atoms with Crippen molar-refractivity contribution in [3.05, 3.63) is 34.0 Å². The van der Waals surface area contributed by atoms with E-state index in [1.54, 1.807) is 11.3 Å². The predicted molar refractivity (Wildman–Crippen MR) is 61.0 cm³/mol. The second kappa shape index (κ2) is 4.12. The molecule has 0 aromatic carbocycles. The Bertz CT molecular complexity index is 432. The van der Waals surface area contributed by atoms with Crippen LogP contribution in [0, 0.1) is 6.92 Å². The molecule has 1 N–H and O–H groups in total. The minimum absolute atomic E-state index is 0.152. The molecule has 0 saturated carbocycles. The number of thiazole rings is 1. The zero-order chi connectivity index (χ0) is 10.8. The molecule has 4 nitrogen and oxygen atoms in total. The molecule has 2 aromatic heterocycles. The van der Waals surface area contributed by atoms with Gasteiger partial charge in [0.1, 0.15) is 5.01 Å². The van der Waals surface area contributed by atoms with Crippen LogP contribution < -0.4 is 5.32 Å². The summed E-state index contributed by atoms with van der Waals surface area (Å²) in [5.74, 6) is 0. The van der Waals surface area contributed by atoms with Crippen LogP contribution in [0.5, 0.6) is 0 Å². The van der Waals surface area contributed by atoms with Crippen molar-refractivity contribution in [2.75, 3.05) is 7.05 Å². The van der Waals surface area contributed by atoms with Crippen LogP contribution in [0.2, 0.25) is 0 Å². The number of nitrogens with zero attached hydrogens (tertiary/aromatic N) is 3. The standard InChI is InChI=1S/C10H14N4S/c1-7-8(6-13-14(7)3)9(11-2)10-12-4-5-15-10/h4-6,9,11H,1-3H3. The van der Waals surface area contributed by atoms with E-state index < -0.39 is 0 Å². The summed E-state index contributed by atoms with van der Waals surface area (Å²) in [4.78, 5) is 4.33. The highest BCUT2D eigenvalue weighted by Gasteiger charge is 2.18. The average Bonchev–Trinajstić information content (AvgIpc) is 2.84. The maximum atomic E-state index is 4.33. The molecule has 0 saturated heterocycles. The molecule has 2 aromatic rings. The molecule has 0 bridgehead atoms. The molecule has 0 aliphatic carbocycles. The summed E-state index contributed by atoms with van der Waals surface area (Å²) < 4.78 is 1.88. The first-order valence-corrected chi connectivity index (χ1v) is 5.67. The molecule has 15 heavy (non-hydrogen) atoms. The molecule has 0 radical (unpaired) electrons. The molecule has 1 unspecified atom stereocenters. The number of aromatic nitrogens is 3. The third-order valence-electron chi connectivity index (χ3n) is 2.57. The van der Waals surface area contributed by atoms with Gasteiger partial charge in [0.2, 0.25) is 0 Å². The fourth-order valence-corrected chi connectivity index (χ4v) is 2.35. The summed E-state index contributed by atoms with van der Waals surface area (Å²) in [7, 11) is 3.89. The van der Waals surface area contributed by atoms with E-state index in [4.69, 9.17) is 0 Å². The van der Waals surface area contributed by atoms with Crippen molar-refractivity contribution < 1.29 is 0 Å². The van der Waals surface area contributed by atoms with Crippen molar-refractivity contribution in [2.24, 2.45) is 7.05 Å². The lowest BCUT2D eigenvalue weighted by Crippen LogP contribution is -2.18. The number of hydrogen-bond acceptors (Lipinski definition) is 4. The summed E-state index contributed by atoms with van der Waals surface area (Å²) in [5.41, 5.74) is 2.36. The Kier molecular flexibility index (Phi) is 2.83.